The van der Waals surface area contributed by atoms with Crippen molar-refractivity contribution in [2.75, 3.05) is 14.1 Å². The predicted molar refractivity (Wildman–Crippen MR) is 64.3 cm³/mol. The second-order valence-corrected chi connectivity index (χ2v) is 5.21. The van der Waals surface area contributed by atoms with E-state index in [0.29, 0.717) is 6.54 Å². The summed E-state index contributed by atoms with van der Waals surface area (Å²) >= 11 is 7.32. The number of halogens is 1. The maximum absolute atomic E-state index is 11.7. The summed E-state index contributed by atoms with van der Waals surface area (Å²) in [7, 11) is 3.57. The lowest BCUT2D eigenvalue weighted by Gasteiger charge is -2.20. The molecule has 0 radical (unpaired) electrons. The number of likely N-dealkylation sites (N-methyl/N-ethyl adjacent to an activating group) is 2. The molecular formula is C10H15ClN2OS. The largest absolute Gasteiger partial charge is 0.339 e. The summed E-state index contributed by atoms with van der Waals surface area (Å²) in [5, 5.41) is 2.92. The minimum absolute atomic E-state index is 0.0852. The molecule has 0 aliphatic heterocycles. The van der Waals surface area contributed by atoms with Crippen LogP contribution in [0.2, 0.25) is 4.34 Å². The smallest absolute Gasteiger partial charge is 0.239 e. The SMILES string of the molecule is CNC(C)C(=O)N(C)Cc1ccc(Cl)s1. The lowest BCUT2D eigenvalue weighted by atomic mass is 10.3. The van der Waals surface area contributed by atoms with Crippen LogP contribution >= 0.6 is 22.9 Å². The second-order valence-electron chi connectivity index (χ2n) is 3.41. The lowest BCUT2D eigenvalue weighted by molar-refractivity contribution is -0.132. The Labute approximate surface area is 99.0 Å². The molecule has 1 aromatic heterocycles. The molecule has 0 bridgehead atoms. The molecule has 1 heterocycles. The molecular weight excluding hydrogens is 232 g/mol. The van der Waals surface area contributed by atoms with Crippen molar-refractivity contribution in [1.29, 1.82) is 0 Å². The van der Waals surface area contributed by atoms with Crippen molar-refractivity contribution in [3.05, 3.63) is 21.3 Å². The summed E-state index contributed by atoms with van der Waals surface area (Å²) < 4.78 is 0.757. The van der Waals surface area contributed by atoms with E-state index in [1.807, 2.05) is 19.1 Å². The summed E-state index contributed by atoms with van der Waals surface area (Å²) in [6, 6.07) is 3.65. The van der Waals surface area contributed by atoms with Crippen LogP contribution in [0, 0.1) is 0 Å². The first-order valence-electron chi connectivity index (χ1n) is 4.71. The standard InChI is InChI=1S/C10H15ClN2OS/c1-7(12-2)10(14)13(3)6-8-4-5-9(11)15-8/h4-5,7,12H,6H2,1-3H3. The van der Waals surface area contributed by atoms with E-state index in [1.165, 1.54) is 11.3 Å². The summed E-state index contributed by atoms with van der Waals surface area (Å²) in [5.41, 5.74) is 0. The Morgan fingerprint density at radius 2 is 2.33 bits per heavy atom. The van der Waals surface area contributed by atoms with Gasteiger partial charge < -0.3 is 10.2 Å². The minimum atomic E-state index is -0.148. The third kappa shape index (κ3) is 3.48. The van der Waals surface area contributed by atoms with E-state index < -0.39 is 0 Å². The fourth-order valence-corrected chi connectivity index (χ4v) is 2.34. The highest BCUT2D eigenvalue weighted by Gasteiger charge is 2.15. The van der Waals surface area contributed by atoms with Gasteiger partial charge in [-0.25, -0.2) is 0 Å². The van der Waals surface area contributed by atoms with Gasteiger partial charge in [-0.3, -0.25) is 4.79 Å². The number of nitrogens with one attached hydrogen (secondary N) is 1. The van der Waals surface area contributed by atoms with Crippen LogP contribution in [-0.4, -0.2) is 30.9 Å². The number of rotatable bonds is 4. The zero-order chi connectivity index (χ0) is 11.4. The molecule has 1 aromatic rings. The van der Waals surface area contributed by atoms with Crippen molar-refractivity contribution >= 4 is 28.8 Å². The zero-order valence-electron chi connectivity index (χ0n) is 9.08. The van der Waals surface area contributed by atoms with Gasteiger partial charge in [0, 0.05) is 11.9 Å². The third-order valence-electron chi connectivity index (χ3n) is 2.20. The first-order chi connectivity index (χ1) is 7.04. The average molecular weight is 247 g/mol. The summed E-state index contributed by atoms with van der Waals surface area (Å²) in [4.78, 5) is 14.5. The monoisotopic (exact) mass is 246 g/mol. The number of hydrogen-bond donors (Lipinski definition) is 1. The van der Waals surface area contributed by atoms with Crippen molar-refractivity contribution in [3.63, 3.8) is 0 Å². The highest BCUT2D eigenvalue weighted by atomic mass is 35.5. The number of thiophene rings is 1. The molecule has 3 nitrogen and oxygen atoms in total. The molecule has 0 spiro atoms. The second kappa shape index (κ2) is 5.49. The van der Waals surface area contributed by atoms with Crippen molar-refractivity contribution in [1.82, 2.24) is 10.2 Å². The Balaban J connectivity index is 2.55. The van der Waals surface area contributed by atoms with Gasteiger partial charge in [-0.1, -0.05) is 11.6 Å². The van der Waals surface area contributed by atoms with E-state index in [2.05, 4.69) is 5.32 Å². The normalized spacial score (nSPS) is 12.5. The first-order valence-corrected chi connectivity index (χ1v) is 5.90. The maximum Gasteiger partial charge on any atom is 0.239 e. The van der Waals surface area contributed by atoms with Crippen LogP contribution < -0.4 is 5.32 Å². The van der Waals surface area contributed by atoms with E-state index in [0.717, 1.165) is 9.21 Å². The molecule has 1 atom stereocenters. The van der Waals surface area contributed by atoms with E-state index in [4.69, 9.17) is 11.6 Å². The molecule has 1 N–H and O–H groups in total. The van der Waals surface area contributed by atoms with Crippen LogP contribution in [0.25, 0.3) is 0 Å². The summed E-state index contributed by atoms with van der Waals surface area (Å²) in [6.07, 6.45) is 0. The van der Waals surface area contributed by atoms with Crippen LogP contribution in [0.1, 0.15) is 11.8 Å². The summed E-state index contributed by atoms with van der Waals surface area (Å²) in [6.45, 7) is 2.46. The molecule has 0 saturated heterocycles. The van der Waals surface area contributed by atoms with Gasteiger partial charge in [0.2, 0.25) is 5.91 Å². The van der Waals surface area contributed by atoms with Gasteiger partial charge in [-0.05, 0) is 26.1 Å². The molecule has 0 aromatic carbocycles. The minimum Gasteiger partial charge on any atom is -0.339 e. The molecule has 15 heavy (non-hydrogen) atoms. The molecule has 84 valence electrons. The van der Waals surface area contributed by atoms with E-state index >= 15 is 0 Å². The summed E-state index contributed by atoms with van der Waals surface area (Å²) in [5.74, 6) is 0.0852. The Morgan fingerprint density at radius 3 is 2.80 bits per heavy atom. The number of amides is 1. The number of hydrogen-bond acceptors (Lipinski definition) is 3. The Bertz CT molecular complexity index is 340. The van der Waals surface area contributed by atoms with Gasteiger partial charge in [0.25, 0.3) is 0 Å². The molecule has 1 rings (SSSR count). The molecule has 0 aliphatic carbocycles. The maximum atomic E-state index is 11.7. The number of carbonyl (C=O) groups excluding carboxylic acids is 1. The molecule has 0 fully saturated rings. The van der Waals surface area contributed by atoms with Crippen LogP contribution in [-0.2, 0) is 11.3 Å². The van der Waals surface area contributed by atoms with Crippen molar-refractivity contribution < 1.29 is 4.79 Å². The van der Waals surface area contributed by atoms with Gasteiger partial charge in [0.05, 0.1) is 16.9 Å². The van der Waals surface area contributed by atoms with Crippen LogP contribution in [0.5, 0.6) is 0 Å². The topological polar surface area (TPSA) is 32.3 Å². The predicted octanol–water partition coefficient (Wildman–Crippen LogP) is 1.97. The van der Waals surface area contributed by atoms with Crippen LogP contribution in [0.3, 0.4) is 0 Å². The first kappa shape index (κ1) is 12.5. The van der Waals surface area contributed by atoms with E-state index in [9.17, 15) is 4.79 Å². The Hall–Kier alpha value is -0.580. The molecule has 1 unspecified atom stereocenters. The highest BCUT2D eigenvalue weighted by Crippen LogP contribution is 2.22. The fraction of sp³-hybridized carbons (Fsp3) is 0.500. The van der Waals surface area contributed by atoms with Crippen molar-refractivity contribution in [2.45, 2.75) is 19.5 Å². The average Bonchev–Trinajstić information content (AvgIpc) is 2.61. The number of carbonyl (C=O) groups is 1. The zero-order valence-corrected chi connectivity index (χ0v) is 10.7. The van der Waals surface area contributed by atoms with Gasteiger partial charge in [-0.15, -0.1) is 11.3 Å². The van der Waals surface area contributed by atoms with E-state index in [-0.39, 0.29) is 11.9 Å². The molecule has 0 aliphatic rings. The van der Waals surface area contributed by atoms with Gasteiger partial charge in [0.1, 0.15) is 0 Å². The van der Waals surface area contributed by atoms with Crippen molar-refractivity contribution in [2.24, 2.45) is 0 Å². The van der Waals surface area contributed by atoms with Gasteiger partial charge in [-0.2, -0.15) is 0 Å². The Kier molecular flexibility index (Phi) is 4.57. The van der Waals surface area contributed by atoms with Crippen LogP contribution in [0.15, 0.2) is 12.1 Å². The quantitative estimate of drug-likeness (QED) is 0.881. The van der Waals surface area contributed by atoms with Crippen LogP contribution in [0.4, 0.5) is 0 Å². The van der Waals surface area contributed by atoms with Crippen molar-refractivity contribution in [3.8, 4) is 0 Å². The number of nitrogens with zero attached hydrogens (tertiary/aromatic N) is 1. The van der Waals surface area contributed by atoms with Gasteiger partial charge in [0.15, 0.2) is 0 Å². The van der Waals surface area contributed by atoms with E-state index in [1.54, 1.807) is 19.0 Å². The lowest BCUT2D eigenvalue weighted by Crippen LogP contribution is -2.41. The third-order valence-corrected chi connectivity index (χ3v) is 3.42. The molecule has 1 amide bonds. The Morgan fingerprint density at radius 1 is 1.67 bits per heavy atom. The highest BCUT2D eigenvalue weighted by molar-refractivity contribution is 7.16. The molecule has 5 heteroatoms. The van der Waals surface area contributed by atoms with Gasteiger partial charge >= 0.3 is 0 Å². The fourth-order valence-electron chi connectivity index (χ4n) is 1.20. The molecule has 0 saturated carbocycles.